The summed E-state index contributed by atoms with van der Waals surface area (Å²) >= 11 is 3.32. The van der Waals surface area contributed by atoms with Crippen molar-refractivity contribution in [3.63, 3.8) is 0 Å². The fraction of sp³-hybridized carbons (Fsp3) is 0.333. The van der Waals surface area contributed by atoms with Gasteiger partial charge in [0.2, 0.25) is 5.91 Å². The maximum Gasteiger partial charge on any atom is 0.240 e. The number of halogens is 1. The standard InChI is InChI=1S/C12H13BrN2O/c1-3-11(13)12(16)15(2)10-6-4-5-9(7-10)8-14/h4-7,11H,3H2,1-2H3. The van der Waals surface area contributed by atoms with Gasteiger partial charge < -0.3 is 4.90 Å². The van der Waals surface area contributed by atoms with E-state index in [4.69, 9.17) is 5.26 Å². The van der Waals surface area contributed by atoms with Gasteiger partial charge in [0.05, 0.1) is 16.5 Å². The van der Waals surface area contributed by atoms with Crippen LogP contribution in [0.2, 0.25) is 0 Å². The number of benzene rings is 1. The van der Waals surface area contributed by atoms with Gasteiger partial charge in [0, 0.05) is 12.7 Å². The molecule has 3 nitrogen and oxygen atoms in total. The molecule has 0 spiro atoms. The molecule has 1 aromatic rings. The second kappa shape index (κ2) is 5.66. The summed E-state index contributed by atoms with van der Waals surface area (Å²) in [5.74, 6) is -0.00223. The van der Waals surface area contributed by atoms with Crippen molar-refractivity contribution < 1.29 is 4.79 Å². The van der Waals surface area contributed by atoms with E-state index in [9.17, 15) is 4.79 Å². The van der Waals surface area contributed by atoms with Gasteiger partial charge in [0.1, 0.15) is 0 Å². The topological polar surface area (TPSA) is 44.1 Å². The second-order valence-electron chi connectivity index (χ2n) is 3.44. The molecule has 0 aliphatic heterocycles. The van der Waals surface area contributed by atoms with Crippen LogP contribution in [0.15, 0.2) is 24.3 Å². The Hall–Kier alpha value is -1.34. The van der Waals surface area contributed by atoms with Crippen LogP contribution in [0.3, 0.4) is 0 Å². The van der Waals surface area contributed by atoms with Gasteiger partial charge in [-0.05, 0) is 24.6 Å². The van der Waals surface area contributed by atoms with E-state index in [-0.39, 0.29) is 10.7 Å². The Labute approximate surface area is 104 Å². The number of carbonyl (C=O) groups excluding carboxylic acids is 1. The number of alkyl halides is 1. The zero-order chi connectivity index (χ0) is 12.1. The Kier molecular flexibility index (Phi) is 4.51. The van der Waals surface area contributed by atoms with Crippen LogP contribution in [-0.4, -0.2) is 17.8 Å². The zero-order valence-electron chi connectivity index (χ0n) is 9.27. The van der Waals surface area contributed by atoms with Gasteiger partial charge in [-0.25, -0.2) is 0 Å². The molecule has 0 fully saturated rings. The largest absolute Gasteiger partial charge is 0.314 e. The van der Waals surface area contributed by atoms with Crippen molar-refractivity contribution in [3.8, 4) is 6.07 Å². The molecule has 0 N–H and O–H groups in total. The molecule has 0 heterocycles. The Morgan fingerprint density at radius 2 is 2.31 bits per heavy atom. The first-order valence-corrected chi connectivity index (χ1v) is 5.93. The number of rotatable bonds is 3. The van der Waals surface area contributed by atoms with Gasteiger partial charge in [-0.15, -0.1) is 0 Å². The van der Waals surface area contributed by atoms with E-state index in [2.05, 4.69) is 22.0 Å². The van der Waals surface area contributed by atoms with Gasteiger partial charge >= 0.3 is 0 Å². The van der Waals surface area contributed by atoms with Crippen LogP contribution in [0, 0.1) is 11.3 Å². The number of nitrogens with zero attached hydrogens (tertiary/aromatic N) is 2. The van der Waals surface area contributed by atoms with Crippen molar-refractivity contribution in [1.29, 1.82) is 5.26 Å². The van der Waals surface area contributed by atoms with Crippen molar-refractivity contribution in [1.82, 2.24) is 0 Å². The molecule has 0 saturated heterocycles. The highest BCUT2D eigenvalue weighted by atomic mass is 79.9. The minimum atomic E-state index is -0.178. The fourth-order valence-electron chi connectivity index (χ4n) is 1.30. The maximum absolute atomic E-state index is 11.9. The molecule has 0 saturated carbocycles. The van der Waals surface area contributed by atoms with Crippen molar-refractivity contribution in [3.05, 3.63) is 29.8 Å². The SMILES string of the molecule is CCC(Br)C(=O)N(C)c1cccc(C#N)c1. The highest BCUT2D eigenvalue weighted by Gasteiger charge is 2.18. The lowest BCUT2D eigenvalue weighted by Gasteiger charge is -2.20. The first-order valence-electron chi connectivity index (χ1n) is 5.02. The predicted molar refractivity (Wildman–Crippen MR) is 67.6 cm³/mol. The van der Waals surface area contributed by atoms with E-state index >= 15 is 0 Å². The summed E-state index contributed by atoms with van der Waals surface area (Å²) in [6.45, 7) is 1.94. The van der Waals surface area contributed by atoms with E-state index in [0.29, 0.717) is 5.56 Å². The molecule has 16 heavy (non-hydrogen) atoms. The molecular weight excluding hydrogens is 268 g/mol. The minimum Gasteiger partial charge on any atom is -0.314 e. The smallest absolute Gasteiger partial charge is 0.240 e. The monoisotopic (exact) mass is 280 g/mol. The molecular formula is C12H13BrN2O. The van der Waals surface area contributed by atoms with Crippen LogP contribution in [-0.2, 0) is 4.79 Å². The van der Waals surface area contributed by atoms with E-state index in [1.807, 2.05) is 13.0 Å². The molecule has 0 aliphatic carbocycles. The van der Waals surface area contributed by atoms with Gasteiger partial charge in [-0.3, -0.25) is 4.79 Å². The van der Waals surface area contributed by atoms with Crippen LogP contribution >= 0.6 is 15.9 Å². The van der Waals surface area contributed by atoms with E-state index in [0.717, 1.165) is 12.1 Å². The molecule has 1 amide bonds. The molecule has 0 aromatic heterocycles. The summed E-state index contributed by atoms with van der Waals surface area (Å²) in [6.07, 6.45) is 0.737. The molecule has 1 aromatic carbocycles. The number of hydrogen-bond acceptors (Lipinski definition) is 2. The molecule has 0 bridgehead atoms. The Morgan fingerprint density at radius 3 is 2.88 bits per heavy atom. The number of nitriles is 1. The normalized spacial score (nSPS) is 11.6. The highest BCUT2D eigenvalue weighted by Crippen LogP contribution is 2.18. The molecule has 0 aliphatic rings. The van der Waals surface area contributed by atoms with Gasteiger partial charge in [0.25, 0.3) is 0 Å². The van der Waals surface area contributed by atoms with Gasteiger partial charge in [-0.1, -0.05) is 28.9 Å². The highest BCUT2D eigenvalue weighted by molar-refractivity contribution is 9.10. The number of amides is 1. The fourth-order valence-corrected chi connectivity index (χ4v) is 1.60. The summed E-state index contributed by atoms with van der Waals surface area (Å²) in [6, 6.07) is 9.06. The summed E-state index contributed by atoms with van der Waals surface area (Å²) in [4.78, 5) is 13.3. The average molecular weight is 281 g/mol. The average Bonchev–Trinajstić information content (AvgIpc) is 2.36. The third-order valence-electron chi connectivity index (χ3n) is 2.32. The van der Waals surface area contributed by atoms with E-state index in [1.165, 1.54) is 0 Å². The zero-order valence-corrected chi connectivity index (χ0v) is 10.9. The third kappa shape index (κ3) is 2.83. The second-order valence-corrected chi connectivity index (χ2v) is 4.54. The molecule has 4 heteroatoms. The molecule has 1 atom stereocenters. The minimum absolute atomic E-state index is 0.00223. The van der Waals surface area contributed by atoms with Gasteiger partial charge in [-0.2, -0.15) is 5.26 Å². The van der Waals surface area contributed by atoms with Crippen molar-refractivity contribution in [2.75, 3.05) is 11.9 Å². The Morgan fingerprint density at radius 1 is 1.62 bits per heavy atom. The Balaban J connectivity index is 2.92. The number of hydrogen-bond donors (Lipinski definition) is 0. The lowest BCUT2D eigenvalue weighted by Crippen LogP contribution is -2.32. The first-order chi connectivity index (χ1) is 7.60. The van der Waals surface area contributed by atoms with Crippen molar-refractivity contribution >= 4 is 27.5 Å². The molecule has 1 unspecified atom stereocenters. The lowest BCUT2D eigenvalue weighted by atomic mass is 10.2. The van der Waals surface area contributed by atoms with E-state index in [1.54, 1.807) is 30.1 Å². The predicted octanol–water partition coefficient (Wildman–Crippen LogP) is 2.69. The quantitative estimate of drug-likeness (QED) is 0.799. The number of carbonyl (C=O) groups is 1. The third-order valence-corrected chi connectivity index (χ3v) is 3.36. The summed E-state index contributed by atoms with van der Waals surface area (Å²) in [5, 5.41) is 8.78. The summed E-state index contributed by atoms with van der Waals surface area (Å²) < 4.78 is 0. The van der Waals surface area contributed by atoms with Crippen LogP contribution in [0.25, 0.3) is 0 Å². The summed E-state index contributed by atoms with van der Waals surface area (Å²) in [7, 11) is 1.71. The summed E-state index contributed by atoms with van der Waals surface area (Å²) in [5.41, 5.74) is 1.29. The van der Waals surface area contributed by atoms with Gasteiger partial charge in [0.15, 0.2) is 0 Å². The van der Waals surface area contributed by atoms with E-state index < -0.39 is 0 Å². The van der Waals surface area contributed by atoms with Crippen molar-refractivity contribution in [2.24, 2.45) is 0 Å². The first kappa shape index (κ1) is 12.7. The number of anilines is 1. The van der Waals surface area contributed by atoms with Crippen LogP contribution < -0.4 is 4.90 Å². The molecule has 84 valence electrons. The lowest BCUT2D eigenvalue weighted by molar-refractivity contribution is -0.117. The van der Waals surface area contributed by atoms with Crippen LogP contribution in [0.5, 0.6) is 0 Å². The van der Waals surface area contributed by atoms with Crippen LogP contribution in [0.4, 0.5) is 5.69 Å². The maximum atomic E-state index is 11.9. The molecule has 0 radical (unpaired) electrons. The van der Waals surface area contributed by atoms with Crippen molar-refractivity contribution in [2.45, 2.75) is 18.2 Å². The van der Waals surface area contributed by atoms with Crippen LogP contribution in [0.1, 0.15) is 18.9 Å². The Bertz CT molecular complexity index is 425. The molecule has 1 rings (SSSR count).